The molecule has 0 spiro atoms. The summed E-state index contributed by atoms with van der Waals surface area (Å²) in [4.78, 5) is 0.867. The first-order chi connectivity index (χ1) is 7.27. The summed E-state index contributed by atoms with van der Waals surface area (Å²) in [6, 6.07) is 8.04. The summed E-state index contributed by atoms with van der Waals surface area (Å²) in [5.74, 6) is 0. The third-order valence-electron chi connectivity index (χ3n) is 2.71. The van der Waals surface area contributed by atoms with Crippen LogP contribution in [0.3, 0.4) is 0 Å². The summed E-state index contributed by atoms with van der Waals surface area (Å²) in [6.45, 7) is 0. The average Bonchev–Trinajstić information content (AvgIpc) is 2.63. The molecule has 1 aromatic carbocycles. The topological polar surface area (TPSA) is 40.5 Å². The molecule has 1 aromatic heterocycles. The number of aliphatic hydroxyl groups is 2. The molecule has 1 heterocycles. The van der Waals surface area contributed by atoms with Gasteiger partial charge in [-0.05, 0) is 11.6 Å². The first-order valence-corrected chi connectivity index (χ1v) is 5.65. The Kier molecular flexibility index (Phi) is 1.92. The smallest absolute Gasteiger partial charge is 0.118 e. The van der Waals surface area contributed by atoms with E-state index in [1.165, 1.54) is 0 Å². The summed E-state index contributed by atoms with van der Waals surface area (Å²) < 4.78 is 1.15. The fraction of sp³-hybridized carbons (Fsp3) is 0.167. The lowest BCUT2D eigenvalue weighted by atomic mass is 9.99. The van der Waals surface area contributed by atoms with E-state index in [0.717, 1.165) is 20.5 Å². The maximum atomic E-state index is 9.84. The summed E-state index contributed by atoms with van der Waals surface area (Å²) in [5.41, 5.74) is 1.05. The third-order valence-corrected chi connectivity index (χ3v) is 3.97. The largest absolute Gasteiger partial charge is 0.386 e. The Balaban J connectivity index is 2.33. The van der Waals surface area contributed by atoms with Gasteiger partial charge in [-0.3, -0.25) is 0 Å². The van der Waals surface area contributed by atoms with E-state index in [1.54, 1.807) is 17.4 Å². The molecular weight excluding hydrogens is 208 g/mol. The molecule has 2 N–H and O–H groups in total. The Morgan fingerprint density at radius 1 is 1.13 bits per heavy atom. The number of hydrogen-bond donors (Lipinski definition) is 2. The molecule has 0 unspecified atom stereocenters. The number of thiophene rings is 1. The highest BCUT2D eigenvalue weighted by Gasteiger charge is 2.25. The van der Waals surface area contributed by atoms with E-state index >= 15 is 0 Å². The van der Waals surface area contributed by atoms with Crippen molar-refractivity contribution in [3.05, 3.63) is 40.8 Å². The van der Waals surface area contributed by atoms with Gasteiger partial charge in [0.1, 0.15) is 12.2 Å². The predicted octanol–water partition coefficient (Wildman–Crippen LogP) is 2.32. The van der Waals surface area contributed by atoms with Crippen LogP contribution in [0.5, 0.6) is 0 Å². The highest BCUT2D eigenvalue weighted by Crippen LogP contribution is 2.39. The predicted molar refractivity (Wildman–Crippen MR) is 61.8 cm³/mol. The van der Waals surface area contributed by atoms with Crippen molar-refractivity contribution < 1.29 is 10.2 Å². The minimum Gasteiger partial charge on any atom is -0.386 e. The Morgan fingerprint density at radius 2 is 1.93 bits per heavy atom. The van der Waals surface area contributed by atoms with Gasteiger partial charge in [0, 0.05) is 15.0 Å². The van der Waals surface area contributed by atoms with Crippen molar-refractivity contribution in [2.24, 2.45) is 0 Å². The van der Waals surface area contributed by atoms with E-state index in [4.69, 9.17) is 0 Å². The zero-order chi connectivity index (χ0) is 10.4. The lowest BCUT2D eigenvalue weighted by molar-refractivity contribution is 0.0496. The molecule has 0 saturated carbocycles. The fourth-order valence-electron chi connectivity index (χ4n) is 1.93. The molecule has 1 aliphatic rings. The Morgan fingerprint density at radius 3 is 2.80 bits per heavy atom. The van der Waals surface area contributed by atoms with Gasteiger partial charge < -0.3 is 10.2 Å². The van der Waals surface area contributed by atoms with Gasteiger partial charge in [-0.1, -0.05) is 30.4 Å². The third kappa shape index (κ3) is 1.24. The zero-order valence-electron chi connectivity index (χ0n) is 7.92. The molecular formula is C12H10O2S. The highest BCUT2D eigenvalue weighted by molar-refractivity contribution is 7.19. The second kappa shape index (κ2) is 3.17. The number of fused-ring (bicyclic) bond motifs is 3. The van der Waals surface area contributed by atoms with Crippen molar-refractivity contribution >= 4 is 27.5 Å². The van der Waals surface area contributed by atoms with Gasteiger partial charge >= 0.3 is 0 Å². The second-order valence-corrected chi connectivity index (χ2v) is 4.75. The van der Waals surface area contributed by atoms with Crippen LogP contribution >= 0.6 is 11.3 Å². The SMILES string of the molecule is O[C@@H]1c2sc3ccccc3c2C=C[C@@H]1O. The number of hydrogen-bond acceptors (Lipinski definition) is 3. The van der Waals surface area contributed by atoms with E-state index < -0.39 is 12.2 Å². The molecule has 0 radical (unpaired) electrons. The normalized spacial score (nSPS) is 24.4. The van der Waals surface area contributed by atoms with E-state index in [0.29, 0.717) is 0 Å². The Bertz CT molecular complexity index is 542. The quantitative estimate of drug-likeness (QED) is 0.712. The van der Waals surface area contributed by atoms with Gasteiger partial charge in [-0.25, -0.2) is 0 Å². The average molecular weight is 218 g/mol. The molecule has 76 valence electrons. The molecule has 0 amide bonds. The summed E-state index contributed by atoms with van der Waals surface area (Å²) in [7, 11) is 0. The van der Waals surface area contributed by atoms with E-state index in [-0.39, 0.29) is 0 Å². The van der Waals surface area contributed by atoms with Crippen LogP contribution in [0.4, 0.5) is 0 Å². The molecule has 3 rings (SSSR count). The van der Waals surface area contributed by atoms with Crippen LogP contribution in [-0.4, -0.2) is 16.3 Å². The van der Waals surface area contributed by atoms with Crippen molar-refractivity contribution in [3.8, 4) is 0 Å². The van der Waals surface area contributed by atoms with Gasteiger partial charge in [0.2, 0.25) is 0 Å². The van der Waals surface area contributed by atoms with E-state index in [9.17, 15) is 10.2 Å². The van der Waals surface area contributed by atoms with E-state index in [2.05, 4.69) is 0 Å². The van der Waals surface area contributed by atoms with Crippen molar-refractivity contribution in [1.29, 1.82) is 0 Å². The maximum Gasteiger partial charge on any atom is 0.118 e. The molecule has 2 nitrogen and oxygen atoms in total. The minimum atomic E-state index is -0.776. The van der Waals surface area contributed by atoms with Crippen LogP contribution in [0, 0.1) is 0 Å². The molecule has 3 heteroatoms. The Labute approximate surface area is 91.1 Å². The van der Waals surface area contributed by atoms with Gasteiger partial charge in [-0.2, -0.15) is 0 Å². The molecule has 0 aliphatic heterocycles. The van der Waals surface area contributed by atoms with Crippen LogP contribution in [0.25, 0.3) is 16.2 Å². The molecule has 2 atom stereocenters. The monoisotopic (exact) mass is 218 g/mol. The molecule has 0 fully saturated rings. The first-order valence-electron chi connectivity index (χ1n) is 4.83. The van der Waals surface area contributed by atoms with Crippen molar-refractivity contribution in [2.75, 3.05) is 0 Å². The maximum absolute atomic E-state index is 9.84. The zero-order valence-corrected chi connectivity index (χ0v) is 8.74. The van der Waals surface area contributed by atoms with Crippen molar-refractivity contribution in [2.45, 2.75) is 12.2 Å². The number of benzene rings is 1. The van der Waals surface area contributed by atoms with Crippen LogP contribution in [0.2, 0.25) is 0 Å². The standard InChI is InChI=1S/C12H10O2S/c13-9-6-5-8-7-3-1-2-4-10(7)15-12(8)11(9)14/h1-6,9,11,13-14H/t9-,11-/m0/s1. The van der Waals surface area contributed by atoms with Crippen molar-refractivity contribution in [1.82, 2.24) is 0 Å². The van der Waals surface area contributed by atoms with Gasteiger partial charge in [0.15, 0.2) is 0 Å². The van der Waals surface area contributed by atoms with Gasteiger partial charge in [0.05, 0.1) is 0 Å². The van der Waals surface area contributed by atoms with Gasteiger partial charge in [0.25, 0.3) is 0 Å². The van der Waals surface area contributed by atoms with Crippen LogP contribution < -0.4 is 0 Å². The molecule has 15 heavy (non-hydrogen) atoms. The first kappa shape index (κ1) is 9.09. The molecule has 1 aliphatic carbocycles. The summed E-state index contributed by atoms with van der Waals surface area (Å²) in [5, 5.41) is 20.5. The summed E-state index contributed by atoms with van der Waals surface area (Å²) >= 11 is 1.55. The van der Waals surface area contributed by atoms with Gasteiger partial charge in [-0.15, -0.1) is 11.3 Å². The van der Waals surface area contributed by atoms with E-state index in [1.807, 2.05) is 30.3 Å². The van der Waals surface area contributed by atoms with Crippen LogP contribution in [-0.2, 0) is 0 Å². The summed E-state index contributed by atoms with van der Waals surface area (Å²) in [6.07, 6.45) is 1.99. The number of rotatable bonds is 0. The van der Waals surface area contributed by atoms with Crippen LogP contribution in [0.15, 0.2) is 30.3 Å². The van der Waals surface area contributed by atoms with Crippen molar-refractivity contribution in [3.63, 3.8) is 0 Å². The van der Waals surface area contributed by atoms with Crippen LogP contribution in [0.1, 0.15) is 16.5 Å². The lowest BCUT2D eigenvalue weighted by Gasteiger charge is -2.18. The highest BCUT2D eigenvalue weighted by atomic mass is 32.1. The molecule has 0 saturated heterocycles. The lowest BCUT2D eigenvalue weighted by Crippen LogP contribution is -2.17. The number of aliphatic hydroxyl groups excluding tert-OH is 2. The fourth-order valence-corrected chi connectivity index (χ4v) is 3.15. The Hall–Kier alpha value is -1.16. The molecule has 0 bridgehead atoms. The minimum absolute atomic E-state index is 0.773. The molecule has 2 aromatic rings. The second-order valence-electron chi connectivity index (χ2n) is 3.67.